The van der Waals surface area contributed by atoms with Gasteiger partial charge in [0.1, 0.15) is 18.4 Å². The number of nitrogens with zero attached hydrogens (tertiary/aromatic N) is 2. The standard InChI is InChI=1S/C14H12N2O2/c1-17-13-4-2-11(3-5-13)10-18-14-9-16-7-6-12(14)8-15/h2-7,9H,10H2,1H3. The number of methoxy groups -OCH3 is 1. The molecular formula is C14H12N2O2. The van der Waals surface area contributed by atoms with Crippen LogP contribution in [0.15, 0.2) is 42.7 Å². The Balaban J connectivity index is 2.05. The highest BCUT2D eigenvalue weighted by Crippen LogP contribution is 2.18. The number of hydrogen-bond acceptors (Lipinski definition) is 4. The first-order valence-electron chi connectivity index (χ1n) is 5.43. The molecule has 2 rings (SSSR count). The maximum absolute atomic E-state index is 8.91. The second kappa shape index (κ2) is 5.69. The van der Waals surface area contributed by atoms with Crippen molar-refractivity contribution in [1.82, 2.24) is 4.98 Å². The molecule has 0 amide bonds. The zero-order chi connectivity index (χ0) is 12.8. The molecule has 0 bridgehead atoms. The van der Waals surface area contributed by atoms with E-state index in [2.05, 4.69) is 11.1 Å². The molecule has 4 heteroatoms. The van der Waals surface area contributed by atoms with E-state index in [1.165, 1.54) is 0 Å². The average Bonchev–Trinajstić information content (AvgIpc) is 2.46. The van der Waals surface area contributed by atoms with Crippen LogP contribution in [0.4, 0.5) is 0 Å². The van der Waals surface area contributed by atoms with Crippen molar-refractivity contribution in [3.8, 4) is 17.6 Å². The van der Waals surface area contributed by atoms with Gasteiger partial charge in [-0.25, -0.2) is 0 Å². The predicted octanol–water partition coefficient (Wildman–Crippen LogP) is 2.54. The van der Waals surface area contributed by atoms with Crippen LogP contribution in [0.2, 0.25) is 0 Å². The lowest BCUT2D eigenvalue weighted by Crippen LogP contribution is -1.97. The molecule has 1 aromatic heterocycles. The predicted molar refractivity (Wildman–Crippen MR) is 66.3 cm³/mol. The molecule has 90 valence electrons. The van der Waals surface area contributed by atoms with Crippen LogP contribution in [0.1, 0.15) is 11.1 Å². The number of aromatic nitrogens is 1. The molecule has 0 aliphatic carbocycles. The second-order valence-corrected chi connectivity index (χ2v) is 3.62. The van der Waals surface area contributed by atoms with E-state index in [-0.39, 0.29) is 0 Å². The zero-order valence-corrected chi connectivity index (χ0v) is 9.96. The van der Waals surface area contributed by atoms with Crippen LogP contribution >= 0.6 is 0 Å². The minimum absolute atomic E-state index is 0.393. The Morgan fingerprint density at radius 2 is 2.00 bits per heavy atom. The Hall–Kier alpha value is -2.54. The van der Waals surface area contributed by atoms with Gasteiger partial charge in [0, 0.05) is 6.20 Å². The minimum Gasteiger partial charge on any atom is -0.497 e. The van der Waals surface area contributed by atoms with Crippen molar-refractivity contribution in [3.63, 3.8) is 0 Å². The third kappa shape index (κ3) is 2.77. The van der Waals surface area contributed by atoms with Crippen LogP contribution in [0.3, 0.4) is 0 Å². The fourth-order valence-electron chi connectivity index (χ4n) is 1.47. The topological polar surface area (TPSA) is 55.1 Å². The molecule has 0 aliphatic heterocycles. The summed E-state index contributed by atoms with van der Waals surface area (Å²) in [5, 5.41) is 8.91. The van der Waals surface area contributed by atoms with Crippen LogP contribution in [-0.2, 0) is 6.61 Å². The molecule has 0 fully saturated rings. The minimum atomic E-state index is 0.393. The highest BCUT2D eigenvalue weighted by molar-refractivity contribution is 5.40. The third-order valence-electron chi connectivity index (χ3n) is 2.46. The quantitative estimate of drug-likeness (QED) is 0.824. The molecule has 0 N–H and O–H groups in total. The highest BCUT2D eigenvalue weighted by atomic mass is 16.5. The SMILES string of the molecule is COc1ccc(COc2cnccc2C#N)cc1. The van der Waals surface area contributed by atoms with E-state index in [1.807, 2.05) is 24.3 Å². The molecule has 0 saturated carbocycles. The first-order valence-corrected chi connectivity index (χ1v) is 5.43. The molecule has 0 radical (unpaired) electrons. The molecule has 0 unspecified atom stereocenters. The van der Waals surface area contributed by atoms with Crippen LogP contribution in [-0.4, -0.2) is 12.1 Å². The van der Waals surface area contributed by atoms with Gasteiger partial charge in [0.2, 0.25) is 0 Å². The number of pyridine rings is 1. The Bertz CT molecular complexity index is 559. The van der Waals surface area contributed by atoms with Gasteiger partial charge < -0.3 is 9.47 Å². The van der Waals surface area contributed by atoms with Gasteiger partial charge in [0.25, 0.3) is 0 Å². The lowest BCUT2D eigenvalue weighted by atomic mass is 10.2. The Labute approximate surface area is 105 Å². The van der Waals surface area contributed by atoms with Crippen LogP contribution < -0.4 is 9.47 Å². The average molecular weight is 240 g/mol. The lowest BCUT2D eigenvalue weighted by molar-refractivity contribution is 0.304. The van der Waals surface area contributed by atoms with Gasteiger partial charge in [-0.05, 0) is 23.8 Å². The molecule has 1 aromatic carbocycles. The lowest BCUT2D eigenvalue weighted by Gasteiger charge is -2.07. The fraction of sp³-hybridized carbons (Fsp3) is 0.143. The van der Waals surface area contributed by atoms with Gasteiger partial charge in [-0.1, -0.05) is 12.1 Å². The van der Waals surface area contributed by atoms with Crippen molar-refractivity contribution in [3.05, 3.63) is 53.9 Å². The zero-order valence-electron chi connectivity index (χ0n) is 9.96. The van der Waals surface area contributed by atoms with Crippen molar-refractivity contribution in [2.45, 2.75) is 6.61 Å². The molecule has 4 nitrogen and oxygen atoms in total. The van der Waals surface area contributed by atoms with Crippen molar-refractivity contribution in [2.75, 3.05) is 7.11 Å². The fourth-order valence-corrected chi connectivity index (χ4v) is 1.47. The molecule has 2 aromatic rings. The number of rotatable bonds is 4. The van der Waals surface area contributed by atoms with Gasteiger partial charge >= 0.3 is 0 Å². The first-order chi connectivity index (χ1) is 8.83. The maximum atomic E-state index is 8.91. The Kier molecular flexibility index (Phi) is 3.77. The van der Waals surface area contributed by atoms with E-state index in [0.717, 1.165) is 11.3 Å². The van der Waals surface area contributed by atoms with Gasteiger partial charge in [0.05, 0.1) is 18.9 Å². The summed E-state index contributed by atoms with van der Waals surface area (Å²) in [6, 6.07) is 11.3. The molecule has 1 heterocycles. The van der Waals surface area contributed by atoms with Crippen LogP contribution in [0.25, 0.3) is 0 Å². The molecule has 0 saturated heterocycles. The van der Waals surface area contributed by atoms with E-state index < -0.39 is 0 Å². The summed E-state index contributed by atoms with van der Waals surface area (Å²) in [6.07, 6.45) is 3.11. The van der Waals surface area contributed by atoms with Crippen molar-refractivity contribution < 1.29 is 9.47 Å². The summed E-state index contributed by atoms with van der Waals surface area (Å²) in [4.78, 5) is 3.94. The second-order valence-electron chi connectivity index (χ2n) is 3.62. The van der Waals surface area contributed by atoms with E-state index in [0.29, 0.717) is 17.9 Å². The largest absolute Gasteiger partial charge is 0.497 e. The number of hydrogen-bond donors (Lipinski definition) is 0. The summed E-state index contributed by atoms with van der Waals surface area (Å²) in [5.74, 6) is 1.30. The molecule has 0 aliphatic rings. The van der Waals surface area contributed by atoms with Crippen LogP contribution in [0.5, 0.6) is 11.5 Å². The Morgan fingerprint density at radius 1 is 1.22 bits per heavy atom. The van der Waals surface area contributed by atoms with Gasteiger partial charge in [-0.2, -0.15) is 5.26 Å². The number of ether oxygens (including phenoxy) is 2. The number of nitriles is 1. The van der Waals surface area contributed by atoms with E-state index in [4.69, 9.17) is 14.7 Å². The van der Waals surface area contributed by atoms with Crippen molar-refractivity contribution >= 4 is 0 Å². The summed E-state index contributed by atoms with van der Waals surface area (Å²) in [5.41, 5.74) is 1.49. The van der Waals surface area contributed by atoms with Gasteiger partial charge in [0.15, 0.2) is 5.75 Å². The third-order valence-corrected chi connectivity index (χ3v) is 2.46. The molecule has 0 atom stereocenters. The summed E-state index contributed by atoms with van der Waals surface area (Å²) >= 11 is 0. The monoisotopic (exact) mass is 240 g/mol. The maximum Gasteiger partial charge on any atom is 0.155 e. The summed E-state index contributed by atoms with van der Waals surface area (Å²) < 4.78 is 10.6. The molecule has 0 spiro atoms. The van der Waals surface area contributed by atoms with Crippen molar-refractivity contribution in [2.24, 2.45) is 0 Å². The highest BCUT2D eigenvalue weighted by Gasteiger charge is 2.03. The molecular weight excluding hydrogens is 228 g/mol. The summed E-state index contributed by atoms with van der Waals surface area (Å²) in [6.45, 7) is 0.393. The smallest absolute Gasteiger partial charge is 0.155 e. The van der Waals surface area contributed by atoms with E-state index in [1.54, 1.807) is 25.6 Å². The van der Waals surface area contributed by atoms with Gasteiger partial charge in [-0.3, -0.25) is 4.98 Å². The summed E-state index contributed by atoms with van der Waals surface area (Å²) in [7, 11) is 1.63. The first kappa shape index (κ1) is 11.9. The normalized spacial score (nSPS) is 9.56. The van der Waals surface area contributed by atoms with E-state index in [9.17, 15) is 0 Å². The van der Waals surface area contributed by atoms with E-state index >= 15 is 0 Å². The van der Waals surface area contributed by atoms with Crippen LogP contribution in [0, 0.1) is 11.3 Å². The Morgan fingerprint density at radius 3 is 2.67 bits per heavy atom. The molecule has 18 heavy (non-hydrogen) atoms. The number of benzene rings is 1. The van der Waals surface area contributed by atoms with Gasteiger partial charge in [-0.15, -0.1) is 0 Å². The van der Waals surface area contributed by atoms with Crippen molar-refractivity contribution in [1.29, 1.82) is 5.26 Å².